The number of ether oxygens (including phenoxy) is 1. The molecule has 31 heavy (non-hydrogen) atoms. The Kier molecular flexibility index (Phi) is 4.94. The summed E-state index contributed by atoms with van der Waals surface area (Å²) in [6, 6.07) is 10.7. The van der Waals surface area contributed by atoms with Crippen LogP contribution in [0.4, 0.5) is 5.69 Å². The minimum Gasteiger partial charge on any atom is -0.504 e. The lowest BCUT2D eigenvalue weighted by Gasteiger charge is -2.43. The van der Waals surface area contributed by atoms with E-state index in [9.17, 15) is 15.2 Å². The van der Waals surface area contributed by atoms with E-state index in [1.54, 1.807) is 35.5 Å². The molecule has 1 aromatic heterocycles. The van der Waals surface area contributed by atoms with Crippen LogP contribution in [0.5, 0.6) is 11.5 Å². The number of aromatic nitrogens is 1. The van der Waals surface area contributed by atoms with Crippen LogP contribution in [0, 0.1) is 16.7 Å². The molecule has 7 nitrogen and oxygen atoms in total. The summed E-state index contributed by atoms with van der Waals surface area (Å²) in [5.74, 6) is -0.117. The van der Waals surface area contributed by atoms with E-state index in [4.69, 9.17) is 10.5 Å². The number of Topliss-reactive ketones (excluding diaryl/α,β-unsaturated/α-hetero) is 1. The number of nitriles is 1. The molecule has 7 heteroatoms. The van der Waals surface area contributed by atoms with Gasteiger partial charge in [0.25, 0.3) is 0 Å². The van der Waals surface area contributed by atoms with Gasteiger partial charge in [0, 0.05) is 23.9 Å². The molecule has 0 saturated heterocycles. The van der Waals surface area contributed by atoms with Crippen molar-refractivity contribution >= 4 is 11.5 Å². The first-order valence-electron chi connectivity index (χ1n) is 10.0. The molecular formula is C24H24N4O3. The van der Waals surface area contributed by atoms with Gasteiger partial charge in [0.2, 0.25) is 0 Å². The normalized spacial score (nSPS) is 20.4. The number of phenolic OH excluding ortho intramolecular Hbond substituents is 1. The zero-order valence-corrected chi connectivity index (χ0v) is 17.7. The molecule has 0 saturated carbocycles. The number of allylic oxidation sites excluding steroid dienone is 3. The summed E-state index contributed by atoms with van der Waals surface area (Å²) >= 11 is 0. The van der Waals surface area contributed by atoms with E-state index in [-0.39, 0.29) is 34.1 Å². The van der Waals surface area contributed by atoms with Crippen molar-refractivity contribution in [3.8, 4) is 17.6 Å². The lowest BCUT2D eigenvalue weighted by Crippen LogP contribution is -2.42. The number of pyridine rings is 1. The van der Waals surface area contributed by atoms with Gasteiger partial charge in [-0.2, -0.15) is 5.26 Å². The van der Waals surface area contributed by atoms with Crippen LogP contribution in [0.2, 0.25) is 0 Å². The highest BCUT2D eigenvalue weighted by Gasteiger charge is 2.44. The van der Waals surface area contributed by atoms with Gasteiger partial charge in [0.05, 0.1) is 36.6 Å². The number of hydrogen-bond donors (Lipinski definition) is 2. The summed E-state index contributed by atoms with van der Waals surface area (Å²) in [7, 11) is 1.46. The third-order valence-electron chi connectivity index (χ3n) is 5.82. The first-order valence-corrected chi connectivity index (χ1v) is 10.0. The van der Waals surface area contributed by atoms with Crippen LogP contribution in [0.3, 0.4) is 0 Å². The fourth-order valence-electron chi connectivity index (χ4n) is 4.50. The van der Waals surface area contributed by atoms with E-state index >= 15 is 0 Å². The Morgan fingerprint density at radius 3 is 2.74 bits per heavy atom. The number of methoxy groups -OCH3 is 1. The number of nitrogens with two attached hydrogens (primary N) is 1. The van der Waals surface area contributed by atoms with Crippen LogP contribution in [-0.4, -0.2) is 23.0 Å². The lowest BCUT2D eigenvalue weighted by molar-refractivity contribution is -0.118. The zero-order valence-electron chi connectivity index (χ0n) is 17.7. The van der Waals surface area contributed by atoms with Gasteiger partial charge < -0.3 is 15.6 Å². The number of carbonyl (C=O) groups is 1. The molecule has 0 unspecified atom stereocenters. The molecule has 1 atom stereocenters. The molecule has 0 fully saturated rings. The largest absolute Gasteiger partial charge is 0.504 e. The number of anilines is 1. The van der Waals surface area contributed by atoms with Crippen LogP contribution in [0.1, 0.15) is 38.2 Å². The van der Waals surface area contributed by atoms with Gasteiger partial charge >= 0.3 is 0 Å². The van der Waals surface area contributed by atoms with Gasteiger partial charge in [-0.1, -0.05) is 19.9 Å². The average Bonchev–Trinajstić information content (AvgIpc) is 2.73. The number of nitrogens with zero attached hydrogens (tertiary/aromatic N) is 3. The summed E-state index contributed by atoms with van der Waals surface area (Å²) in [6.07, 6.45) is 4.32. The van der Waals surface area contributed by atoms with Crippen LogP contribution >= 0.6 is 0 Å². The highest BCUT2D eigenvalue weighted by atomic mass is 16.5. The van der Waals surface area contributed by atoms with Crippen molar-refractivity contribution < 1.29 is 14.6 Å². The Hall–Kier alpha value is -3.79. The maximum atomic E-state index is 13.4. The second kappa shape index (κ2) is 7.47. The van der Waals surface area contributed by atoms with E-state index < -0.39 is 5.92 Å². The minimum atomic E-state index is -0.633. The average molecular weight is 416 g/mol. The molecule has 158 valence electrons. The highest BCUT2D eigenvalue weighted by molar-refractivity contribution is 6.01. The first-order chi connectivity index (χ1) is 14.8. The number of benzene rings is 1. The summed E-state index contributed by atoms with van der Waals surface area (Å²) in [5, 5.41) is 20.1. The standard InChI is InChI=1S/C24H24N4O3/c1-24(2)10-17-22(19(30)11-24)21(14-6-7-18(29)20(9-14)31-3)16(12-25)23(26)28(17)15-5-4-8-27-13-15/h4-9,13,21,29H,10-11,26H2,1-3H3/t21-/m1/s1. The van der Waals surface area contributed by atoms with Gasteiger partial charge in [-0.3, -0.25) is 14.7 Å². The topological polar surface area (TPSA) is 112 Å². The number of carbonyl (C=O) groups excluding carboxylic acids is 1. The van der Waals surface area contributed by atoms with Gasteiger partial charge in [-0.15, -0.1) is 0 Å². The van der Waals surface area contributed by atoms with Gasteiger partial charge in [-0.25, -0.2) is 0 Å². The smallest absolute Gasteiger partial charge is 0.162 e. The van der Waals surface area contributed by atoms with E-state index in [0.29, 0.717) is 29.7 Å². The van der Waals surface area contributed by atoms with Crippen LogP contribution in [0.25, 0.3) is 0 Å². The Morgan fingerprint density at radius 1 is 1.32 bits per heavy atom. The Labute approximate surface area is 181 Å². The third kappa shape index (κ3) is 3.40. The summed E-state index contributed by atoms with van der Waals surface area (Å²) in [6.45, 7) is 4.10. The minimum absolute atomic E-state index is 0.0141. The third-order valence-corrected chi connectivity index (χ3v) is 5.82. The molecule has 0 radical (unpaired) electrons. The van der Waals surface area contributed by atoms with Crippen molar-refractivity contribution in [2.75, 3.05) is 12.0 Å². The zero-order chi connectivity index (χ0) is 22.3. The number of ketones is 1. The number of hydrogen-bond acceptors (Lipinski definition) is 7. The highest BCUT2D eigenvalue weighted by Crippen LogP contribution is 2.50. The molecule has 1 aromatic carbocycles. The van der Waals surface area contributed by atoms with Crippen molar-refractivity contribution in [2.24, 2.45) is 11.1 Å². The first kappa shape index (κ1) is 20.5. The monoisotopic (exact) mass is 416 g/mol. The van der Waals surface area contributed by atoms with E-state index in [2.05, 4.69) is 24.9 Å². The second-order valence-corrected chi connectivity index (χ2v) is 8.62. The predicted molar refractivity (Wildman–Crippen MR) is 116 cm³/mol. The predicted octanol–water partition coefficient (Wildman–Crippen LogP) is 3.74. The second-order valence-electron chi connectivity index (χ2n) is 8.62. The SMILES string of the molecule is COc1cc([C@@H]2C(C#N)=C(N)N(c3cccnc3)C3=C2C(=O)CC(C)(C)C3)ccc1O. The van der Waals surface area contributed by atoms with Crippen molar-refractivity contribution in [3.05, 3.63) is 71.0 Å². The van der Waals surface area contributed by atoms with Crippen molar-refractivity contribution in [1.82, 2.24) is 4.98 Å². The quantitative estimate of drug-likeness (QED) is 0.784. The summed E-state index contributed by atoms with van der Waals surface area (Å²) in [4.78, 5) is 19.4. The molecule has 1 aliphatic heterocycles. The molecule has 0 amide bonds. The van der Waals surface area contributed by atoms with Crippen molar-refractivity contribution in [1.29, 1.82) is 5.26 Å². The van der Waals surface area contributed by atoms with Gasteiger partial charge in [-0.05, 0) is 41.7 Å². The molecular weight excluding hydrogens is 392 g/mol. The van der Waals surface area contributed by atoms with E-state index in [1.807, 2.05) is 6.07 Å². The molecule has 0 bridgehead atoms. The molecule has 4 rings (SSSR count). The summed E-state index contributed by atoms with van der Waals surface area (Å²) < 4.78 is 5.26. The van der Waals surface area contributed by atoms with Crippen LogP contribution in [0.15, 0.2) is 65.4 Å². The maximum Gasteiger partial charge on any atom is 0.162 e. The van der Waals surface area contributed by atoms with E-state index in [0.717, 1.165) is 5.70 Å². The van der Waals surface area contributed by atoms with Crippen molar-refractivity contribution in [3.63, 3.8) is 0 Å². The van der Waals surface area contributed by atoms with Crippen LogP contribution < -0.4 is 15.4 Å². The maximum absolute atomic E-state index is 13.4. The molecule has 3 N–H and O–H groups in total. The van der Waals surface area contributed by atoms with Crippen molar-refractivity contribution in [2.45, 2.75) is 32.6 Å². The number of aromatic hydroxyl groups is 1. The van der Waals surface area contributed by atoms with Gasteiger partial charge in [0.15, 0.2) is 17.3 Å². The lowest BCUT2D eigenvalue weighted by atomic mass is 9.68. The van der Waals surface area contributed by atoms with E-state index in [1.165, 1.54) is 13.2 Å². The molecule has 0 spiro atoms. The number of phenols is 1. The number of rotatable bonds is 3. The van der Waals surface area contributed by atoms with Gasteiger partial charge in [0.1, 0.15) is 5.82 Å². The fraction of sp³-hybridized carbons (Fsp3) is 0.292. The molecule has 2 aliphatic rings. The van der Waals surface area contributed by atoms with Crippen LogP contribution in [-0.2, 0) is 4.79 Å². The molecule has 2 aromatic rings. The Morgan fingerprint density at radius 2 is 2.10 bits per heavy atom. The molecule has 2 heterocycles. The Balaban J connectivity index is 2.00. The summed E-state index contributed by atoms with van der Waals surface area (Å²) in [5.41, 5.74) is 9.30. The fourth-order valence-corrected chi connectivity index (χ4v) is 4.50. The molecule has 1 aliphatic carbocycles. The Bertz CT molecular complexity index is 1160.